The largest absolute Gasteiger partial charge is 0.495 e. The molecule has 2 heterocycles. The number of methoxy groups -OCH3 is 1. The van der Waals surface area contributed by atoms with Crippen LogP contribution in [0, 0.1) is 11.8 Å². The predicted molar refractivity (Wildman–Crippen MR) is 132 cm³/mol. The van der Waals surface area contributed by atoms with Gasteiger partial charge in [-0.2, -0.15) is 4.31 Å². The molecule has 0 N–H and O–H groups in total. The number of rotatable bonds is 6. The van der Waals surface area contributed by atoms with Crippen LogP contribution in [-0.4, -0.2) is 49.6 Å². The minimum absolute atomic E-state index is 0.0607. The first-order valence-corrected chi connectivity index (χ1v) is 13.6. The molecule has 35 heavy (non-hydrogen) atoms. The molecule has 0 unspecified atom stereocenters. The van der Waals surface area contributed by atoms with Gasteiger partial charge < -0.3 is 4.74 Å². The number of imide groups is 1. The van der Waals surface area contributed by atoms with Gasteiger partial charge >= 0.3 is 0 Å². The normalized spacial score (nSPS) is 23.2. The number of likely N-dealkylation sites (tertiary alicyclic amines) is 1. The van der Waals surface area contributed by atoms with E-state index >= 15 is 0 Å². The standard InChI is InChI=1S/C27H30N2O5S/c1-34-24-12-11-19(18-29-26(30)22-9-5-6-10-23(22)27(29)31)17-25(24)35(32,33)28-15-13-21(14-16-28)20-7-3-2-4-8-20/h2-4,7-8,11-13,17,22-23H,5-6,9-10,14-16,18H2,1H3/t22-,23-/m1/s1. The Hall–Kier alpha value is -2.97. The van der Waals surface area contributed by atoms with Crippen LogP contribution in [0.2, 0.25) is 0 Å². The molecule has 2 aromatic rings. The van der Waals surface area contributed by atoms with Crippen molar-refractivity contribution in [1.29, 1.82) is 0 Å². The van der Waals surface area contributed by atoms with Gasteiger partial charge in [-0.15, -0.1) is 0 Å². The zero-order valence-corrected chi connectivity index (χ0v) is 20.7. The predicted octanol–water partition coefficient (Wildman–Crippen LogP) is 3.85. The Bertz CT molecular complexity index is 1250. The van der Waals surface area contributed by atoms with Crippen molar-refractivity contribution in [3.8, 4) is 5.75 Å². The number of fused-ring (bicyclic) bond motifs is 1. The smallest absolute Gasteiger partial charge is 0.247 e. The number of hydrogen-bond acceptors (Lipinski definition) is 5. The lowest BCUT2D eigenvalue weighted by Gasteiger charge is -2.27. The molecule has 1 saturated carbocycles. The Labute approximate surface area is 206 Å². The molecule has 7 nitrogen and oxygen atoms in total. The van der Waals surface area contributed by atoms with Crippen molar-refractivity contribution in [2.24, 2.45) is 11.8 Å². The number of sulfonamides is 1. The maximum Gasteiger partial charge on any atom is 0.247 e. The quantitative estimate of drug-likeness (QED) is 0.570. The summed E-state index contributed by atoms with van der Waals surface area (Å²) in [5.41, 5.74) is 2.83. The van der Waals surface area contributed by atoms with Crippen LogP contribution in [0.15, 0.2) is 59.5 Å². The van der Waals surface area contributed by atoms with E-state index in [0.717, 1.165) is 36.8 Å². The number of amides is 2. The molecule has 0 radical (unpaired) electrons. The van der Waals surface area contributed by atoms with Gasteiger partial charge in [0.1, 0.15) is 10.6 Å². The maximum absolute atomic E-state index is 13.6. The van der Waals surface area contributed by atoms with Crippen LogP contribution < -0.4 is 4.74 Å². The molecule has 2 aromatic carbocycles. The summed E-state index contributed by atoms with van der Waals surface area (Å²) in [7, 11) is -2.40. The van der Waals surface area contributed by atoms with Gasteiger partial charge in [0.2, 0.25) is 21.8 Å². The molecule has 184 valence electrons. The molecule has 2 amide bonds. The van der Waals surface area contributed by atoms with E-state index in [2.05, 4.69) is 0 Å². The molecular weight excluding hydrogens is 464 g/mol. The van der Waals surface area contributed by atoms with Crippen LogP contribution in [0.5, 0.6) is 5.75 Å². The van der Waals surface area contributed by atoms with Crippen LogP contribution in [0.3, 0.4) is 0 Å². The van der Waals surface area contributed by atoms with Crippen LogP contribution in [0.4, 0.5) is 0 Å². The van der Waals surface area contributed by atoms with Crippen LogP contribution in [-0.2, 0) is 26.2 Å². The van der Waals surface area contributed by atoms with Gasteiger partial charge in [0.05, 0.1) is 25.5 Å². The number of carbonyl (C=O) groups excluding carboxylic acids is 2. The third kappa shape index (κ3) is 4.41. The zero-order chi connectivity index (χ0) is 24.6. The lowest BCUT2D eigenvalue weighted by molar-refractivity contribution is -0.140. The summed E-state index contributed by atoms with van der Waals surface area (Å²) in [5.74, 6) is -0.461. The van der Waals surface area contributed by atoms with Crippen molar-refractivity contribution in [2.75, 3.05) is 20.2 Å². The fourth-order valence-electron chi connectivity index (χ4n) is 5.51. The molecular formula is C27H30N2O5S. The third-order valence-corrected chi connectivity index (χ3v) is 9.32. The SMILES string of the molecule is COc1ccc(CN2C(=O)[C@@H]3CCCC[C@H]3C2=O)cc1S(=O)(=O)N1CC=C(c2ccccc2)CC1. The highest BCUT2D eigenvalue weighted by atomic mass is 32.2. The van der Waals surface area contributed by atoms with Gasteiger partial charge in [-0.3, -0.25) is 14.5 Å². The van der Waals surface area contributed by atoms with Gasteiger partial charge in [-0.25, -0.2) is 8.42 Å². The van der Waals surface area contributed by atoms with E-state index in [4.69, 9.17) is 4.74 Å². The van der Waals surface area contributed by atoms with Crippen LogP contribution in [0.1, 0.15) is 43.2 Å². The Balaban J connectivity index is 1.38. The molecule has 0 spiro atoms. The molecule has 0 aromatic heterocycles. The maximum atomic E-state index is 13.6. The summed E-state index contributed by atoms with van der Waals surface area (Å²) in [6.07, 6.45) is 6.01. The monoisotopic (exact) mass is 494 g/mol. The van der Waals surface area contributed by atoms with Crippen LogP contribution in [0.25, 0.3) is 5.57 Å². The number of carbonyl (C=O) groups is 2. The van der Waals surface area contributed by atoms with Gasteiger partial charge in [-0.05, 0) is 48.1 Å². The first-order valence-electron chi connectivity index (χ1n) is 12.2. The molecule has 2 atom stereocenters. The third-order valence-electron chi connectivity index (χ3n) is 7.44. The molecule has 2 aliphatic heterocycles. The fraction of sp³-hybridized carbons (Fsp3) is 0.407. The van der Waals surface area contributed by atoms with E-state index < -0.39 is 10.0 Å². The second-order valence-electron chi connectivity index (χ2n) is 9.45. The Morgan fingerprint density at radius 3 is 2.26 bits per heavy atom. The van der Waals surface area contributed by atoms with Crippen molar-refractivity contribution in [1.82, 2.24) is 9.21 Å². The van der Waals surface area contributed by atoms with Gasteiger partial charge in [0.25, 0.3) is 0 Å². The topological polar surface area (TPSA) is 84.0 Å². The highest BCUT2D eigenvalue weighted by Gasteiger charge is 2.48. The Morgan fingerprint density at radius 2 is 1.66 bits per heavy atom. The minimum atomic E-state index is -3.84. The van der Waals surface area contributed by atoms with E-state index in [0.29, 0.717) is 18.5 Å². The average Bonchev–Trinajstić information content (AvgIpc) is 3.14. The molecule has 1 saturated heterocycles. The number of ether oxygens (including phenoxy) is 1. The summed E-state index contributed by atoms with van der Waals surface area (Å²) >= 11 is 0. The Kier molecular flexibility index (Phi) is 6.51. The summed E-state index contributed by atoms with van der Waals surface area (Å²) in [6.45, 7) is 0.713. The summed E-state index contributed by atoms with van der Waals surface area (Å²) in [6, 6.07) is 14.8. The molecule has 0 bridgehead atoms. The van der Waals surface area contributed by atoms with Gasteiger partial charge in [0.15, 0.2) is 0 Å². The number of benzene rings is 2. The van der Waals surface area contributed by atoms with Crippen molar-refractivity contribution in [2.45, 2.75) is 43.5 Å². The van der Waals surface area contributed by atoms with E-state index in [1.165, 1.54) is 16.3 Å². The fourth-order valence-corrected chi connectivity index (χ4v) is 7.10. The van der Waals surface area contributed by atoms with Crippen molar-refractivity contribution in [3.63, 3.8) is 0 Å². The van der Waals surface area contributed by atoms with E-state index in [9.17, 15) is 18.0 Å². The van der Waals surface area contributed by atoms with E-state index in [1.807, 2.05) is 36.4 Å². The molecule has 5 rings (SSSR count). The lowest BCUT2D eigenvalue weighted by Crippen LogP contribution is -2.35. The average molecular weight is 495 g/mol. The summed E-state index contributed by atoms with van der Waals surface area (Å²) in [4.78, 5) is 27.2. The van der Waals surface area contributed by atoms with Crippen molar-refractivity contribution in [3.05, 3.63) is 65.7 Å². The molecule has 1 aliphatic carbocycles. The van der Waals surface area contributed by atoms with E-state index in [-0.39, 0.29) is 47.4 Å². The van der Waals surface area contributed by atoms with E-state index in [1.54, 1.807) is 18.2 Å². The van der Waals surface area contributed by atoms with Gasteiger partial charge in [-0.1, -0.05) is 55.3 Å². The second kappa shape index (κ2) is 9.59. The lowest BCUT2D eigenvalue weighted by atomic mass is 9.81. The zero-order valence-electron chi connectivity index (χ0n) is 19.9. The van der Waals surface area contributed by atoms with Gasteiger partial charge in [0, 0.05) is 13.1 Å². The molecule has 2 fully saturated rings. The molecule has 3 aliphatic rings. The Morgan fingerprint density at radius 1 is 0.971 bits per heavy atom. The first kappa shape index (κ1) is 23.8. The van der Waals surface area contributed by atoms with Crippen LogP contribution >= 0.6 is 0 Å². The van der Waals surface area contributed by atoms with Crippen molar-refractivity contribution < 1.29 is 22.7 Å². The minimum Gasteiger partial charge on any atom is -0.495 e. The van der Waals surface area contributed by atoms with Crippen molar-refractivity contribution >= 4 is 27.4 Å². The second-order valence-corrected chi connectivity index (χ2v) is 11.4. The highest BCUT2D eigenvalue weighted by molar-refractivity contribution is 7.89. The highest BCUT2D eigenvalue weighted by Crippen LogP contribution is 2.39. The summed E-state index contributed by atoms with van der Waals surface area (Å²) in [5, 5.41) is 0. The summed E-state index contributed by atoms with van der Waals surface area (Å²) < 4.78 is 34.0. The molecule has 8 heteroatoms. The first-order chi connectivity index (χ1) is 16.9. The number of hydrogen-bond donors (Lipinski definition) is 0. The number of nitrogens with zero attached hydrogens (tertiary/aromatic N) is 2.